The Balaban J connectivity index is 1.43. The summed E-state index contributed by atoms with van der Waals surface area (Å²) in [4.78, 5) is 26.6. The number of pyridine rings is 1. The molecule has 1 fully saturated rings. The number of benzene rings is 1. The minimum absolute atomic E-state index is 0.0902. The summed E-state index contributed by atoms with van der Waals surface area (Å²) < 4.78 is 7.15. The Kier molecular flexibility index (Phi) is 4.45. The highest BCUT2D eigenvalue weighted by atomic mass is 16.5. The molecule has 1 saturated heterocycles. The van der Waals surface area contributed by atoms with E-state index < -0.39 is 5.92 Å². The number of hydrogen-bond acceptors (Lipinski definition) is 5. The maximum absolute atomic E-state index is 12.6. The number of amides is 2. The molecule has 3 heterocycles. The SMILES string of the molecule is COc1ccccc1N1CC(C(=O)NCc2nnc3ccccn23)CC1=O. The topological polar surface area (TPSA) is 88.8 Å². The average Bonchev–Trinajstić information content (AvgIpc) is 3.29. The lowest BCUT2D eigenvalue weighted by atomic mass is 10.1. The lowest BCUT2D eigenvalue weighted by molar-refractivity contribution is -0.126. The van der Waals surface area contributed by atoms with Crippen LogP contribution in [0.5, 0.6) is 5.75 Å². The molecular weight excluding hydrogens is 346 g/mol. The van der Waals surface area contributed by atoms with Crippen LogP contribution < -0.4 is 15.0 Å². The number of para-hydroxylation sites is 2. The Bertz CT molecular complexity index is 1000. The largest absolute Gasteiger partial charge is 0.495 e. The van der Waals surface area contributed by atoms with Crippen LogP contribution in [0.25, 0.3) is 5.65 Å². The van der Waals surface area contributed by atoms with Gasteiger partial charge >= 0.3 is 0 Å². The summed E-state index contributed by atoms with van der Waals surface area (Å²) in [6.07, 6.45) is 2.02. The van der Waals surface area contributed by atoms with E-state index in [0.717, 1.165) is 5.65 Å². The van der Waals surface area contributed by atoms with Crippen molar-refractivity contribution in [3.8, 4) is 5.75 Å². The van der Waals surface area contributed by atoms with E-state index in [-0.39, 0.29) is 24.8 Å². The first-order valence-corrected chi connectivity index (χ1v) is 8.67. The maximum Gasteiger partial charge on any atom is 0.227 e. The van der Waals surface area contributed by atoms with Crippen LogP contribution in [-0.4, -0.2) is 40.1 Å². The first-order valence-electron chi connectivity index (χ1n) is 8.67. The molecule has 1 aromatic carbocycles. The standard InChI is InChI=1S/C19H19N5O3/c1-27-15-7-3-2-6-14(15)24-12-13(10-18(24)25)19(26)20-11-17-22-21-16-8-4-5-9-23(16)17/h2-9,13H,10-12H2,1H3,(H,20,26). The third-order valence-electron chi connectivity index (χ3n) is 4.68. The van der Waals surface area contributed by atoms with Crippen molar-refractivity contribution >= 4 is 23.1 Å². The summed E-state index contributed by atoms with van der Waals surface area (Å²) in [6, 6.07) is 12.9. The summed E-state index contributed by atoms with van der Waals surface area (Å²) >= 11 is 0. The van der Waals surface area contributed by atoms with Gasteiger partial charge in [-0.25, -0.2) is 0 Å². The van der Waals surface area contributed by atoms with Crippen molar-refractivity contribution in [3.63, 3.8) is 0 Å². The van der Waals surface area contributed by atoms with Gasteiger partial charge in [0.2, 0.25) is 11.8 Å². The summed E-state index contributed by atoms with van der Waals surface area (Å²) in [6.45, 7) is 0.578. The number of carbonyl (C=O) groups is 2. The summed E-state index contributed by atoms with van der Waals surface area (Å²) in [5.41, 5.74) is 1.41. The quantitative estimate of drug-likeness (QED) is 0.738. The number of anilines is 1. The normalized spacial score (nSPS) is 16.7. The summed E-state index contributed by atoms with van der Waals surface area (Å²) in [5.74, 6) is 0.578. The number of nitrogens with one attached hydrogen (secondary N) is 1. The van der Waals surface area contributed by atoms with Crippen molar-refractivity contribution < 1.29 is 14.3 Å². The summed E-state index contributed by atoms with van der Waals surface area (Å²) in [7, 11) is 1.56. The zero-order valence-electron chi connectivity index (χ0n) is 14.8. The van der Waals surface area contributed by atoms with Crippen molar-refractivity contribution in [2.24, 2.45) is 5.92 Å². The van der Waals surface area contributed by atoms with Crippen LogP contribution in [-0.2, 0) is 16.1 Å². The molecule has 8 heteroatoms. The molecule has 0 bridgehead atoms. The van der Waals surface area contributed by atoms with Crippen molar-refractivity contribution in [2.45, 2.75) is 13.0 Å². The van der Waals surface area contributed by atoms with Gasteiger partial charge in [-0.15, -0.1) is 10.2 Å². The summed E-state index contributed by atoms with van der Waals surface area (Å²) in [5, 5.41) is 11.0. The molecule has 0 spiro atoms. The van der Waals surface area contributed by atoms with Gasteiger partial charge in [0.1, 0.15) is 5.75 Å². The smallest absolute Gasteiger partial charge is 0.227 e. The van der Waals surface area contributed by atoms with E-state index in [1.54, 1.807) is 18.1 Å². The van der Waals surface area contributed by atoms with Crippen LogP contribution in [0.15, 0.2) is 48.7 Å². The zero-order valence-corrected chi connectivity index (χ0v) is 14.8. The zero-order chi connectivity index (χ0) is 18.8. The van der Waals surface area contributed by atoms with Crippen LogP contribution in [0, 0.1) is 5.92 Å². The van der Waals surface area contributed by atoms with E-state index in [1.807, 2.05) is 47.0 Å². The van der Waals surface area contributed by atoms with Crippen molar-refractivity contribution in [1.29, 1.82) is 0 Å². The molecule has 27 heavy (non-hydrogen) atoms. The second-order valence-electron chi connectivity index (χ2n) is 6.34. The highest BCUT2D eigenvalue weighted by Crippen LogP contribution is 2.32. The molecule has 1 unspecified atom stereocenters. The molecule has 1 aliphatic heterocycles. The minimum Gasteiger partial charge on any atom is -0.495 e. The third-order valence-corrected chi connectivity index (χ3v) is 4.68. The fraction of sp³-hybridized carbons (Fsp3) is 0.263. The molecule has 1 aliphatic rings. The van der Waals surface area contributed by atoms with Gasteiger partial charge < -0.3 is 15.0 Å². The Hall–Kier alpha value is -3.42. The molecule has 3 aromatic rings. The highest BCUT2D eigenvalue weighted by Gasteiger charge is 2.36. The van der Waals surface area contributed by atoms with Crippen LogP contribution >= 0.6 is 0 Å². The molecule has 0 radical (unpaired) electrons. The van der Waals surface area contributed by atoms with Crippen LogP contribution in [0.2, 0.25) is 0 Å². The fourth-order valence-electron chi connectivity index (χ4n) is 3.29. The van der Waals surface area contributed by atoms with E-state index in [9.17, 15) is 9.59 Å². The number of carbonyl (C=O) groups excluding carboxylic acids is 2. The van der Waals surface area contributed by atoms with Gasteiger partial charge in [-0.1, -0.05) is 18.2 Å². The van der Waals surface area contributed by atoms with Crippen LogP contribution in [0.1, 0.15) is 12.2 Å². The van der Waals surface area contributed by atoms with E-state index in [0.29, 0.717) is 23.8 Å². The Morgan fingerprint density at radius 3 is 2.89 bits per heavy atom. The number of ether oxygens (including phenoxy) is 1. The van der Waals surface area contributed by atoms with E-state index in [1.165, 1.54) is 0 Å². The Labute approximate surface area is 155 Å². The van der Waals surface area contributed by atoms with Gasteiger partial charge in [-0.3, -0.25) is 14.0 Å². The number of fused-ring (bicyclic) bond motifs is 1. The second kappa shape index (κ2) is 7.06. The van der Waals surface area contributed by atoms with Crippen LogP contribution in [0.3, 0.4) is 0 Å². The molecule has 4 rings (SSSR count). The van der Waals surface area contributed by atoms with Crippen molar-refractivity contribution in [3.05, 3.63) is 54.5 Å². The van der Waals surface area contributed by atoms with Crippen molar-refractivity contribution in [1.82, 2.24) is 19.9 Å². The van der Waals surface area contributed by atoms with Crippen LogP contribution in [0.4, 0.5) is 5.69 Å². The van der Waals surface area contributed by atoms with Gasteiger partial charge in [0, 0.05) is 19.2 Å². The number of nitrogens with zero attached hydrogens (tertiary/aromatic N) is 4. The Morgan fingerprint density at radius 2 is 2.04 bits per heavy atom. The number of hydrogen-bond donors (Lipinski definition) is 1. The lowest BCUT2D eigenvalue weighted by Gasteiger charge is -2.19. The minimum atomic E-state index is -0.415. The van der Waals surface area contributed by atoms with E-state index in [2.05, 4.69) is 15.5 Å². The molecule has 0 saturated carbocycles. The monoisotopic (exact) mass is 365 g/mol. The Morgan fingerprint density at radius 1 is 1.22 bits per heavy atom. The average molecular weight is 365 g/mol. The molecule has 2 aromatic heterocycles. The van der Waals surface area contributed by atoms with Gasteiger partial charge in [0.15, 0.2) is 11.5 Å². The molecular formula is C19H19N5O3. The van der Waals surface area contributed by atoms with E-state index in [4.69, 9.17) is 4.74 Å². The molecule has 1 atom stereocenters. The molecule has 0 aliphatic carbocycles. The maximum atomic E-state index is 12.6. The number of rotatable bonds is 5. The predicted molar refractivity (Wildman–Crippen MR) is 98.3 cm³/mol. The molecule has 2 amide bonds. The van der Waals surface area contributed by atoms with Gasteiger partial charge in [-0.2, -0.15) is 0 Å². The van der Waals surface area contributed by atoms with Gasteiger partial charge in [-0.05, 0) is 24.3 Å². The van der Waals surface area contributed by atoms with Crippen molar-refractivity contribution in [2.75, 3.05) is 18.6 Å². The third kappa shape index (κ3) is 3.21. The number of methoxy groups -OCH3 is 1. The first-order chi connectivity index (χ1) is 13.2. The molecule has 1 N–H and O–H groups in total. The highest BCUT2D eigenvalue weighted by molar-refractivity contribution is 6.01. The molecule has 8 nitrogen and oxygen atoms in total. The van der Waals surface area contributed by atoms with E-state index >= 15 is 0 Å². The van der Waals surface area contributed by atoms with Gasteiger partial charge in [0.25, 0.3) is 0 Å². The fourth-order valence-corrected chi connectivity index (χ4v) is 3.29. The van der Waals surface area contributed by atoms with Gasteiger partial charge in [0.05, 0.1) is 25.3 Å². The second-order valence-corrected chi connectivity index (χ2v) is 6.34. The lowest BCUT2D eigenvalue weighted by Crippen LogP contribution is -2.33. The molecule has 138 valence electrons. The number of aromatic nitrogens is 3. The first kappa shape index (κ1) is 17.0. The predicted octanol–water partition coefficient (Wildman–Crippen LogP) is 1.41.